The Morgan fingerprint density at radius 1 is 1.33 bits per heavy atom. The molecule has 0 aliphatic carbocycles. The summed E-state index contributed by atoms with van der Waals surface area (Å²) in [6, 6.07) is 6.43. The Balaban J connectivity index is 1.48. The molecule has 4 rings (SSSR count). The third-order valence-corrected chi connectivity index (χ3v) is 6.90. The number of aromatic nitrogens is 2. The summed E-state index contributed by atoms with van der Waals surface area (Å²) in [7, 11) is 0. The van der Waals surface area contributed by atoms with Gasteiger partial charge in [0, 0.05) is 37.0 Å². The number of likely N-dealkylation sites (tertiary alicyclic amines) is 1. The van der Waals surface area contributed by atoms with E-state index >= 15 is 0 Å². The van der Waals surface area contributed by atoms with Crippen LogP contribution in [0.5, 0.6) is 0 Å². The van der Waals surface area contributed by atoms with Crippen molar-refractivity contribution in [2.75, 3.05) is 13.1 Å². The number of nitrogens with zero attached hydrogens (tertiary/aromatic N) is 3. The smallest absolute Gasteiger partial charge is 0.265 e. The summed E-state index contributed by atoms with van der Waals surface area (Å²) in [6.07, 6.45) is 4.52. The largest absolute Gasteiger partial charge is 0.337 e. The Bertz CT molecular complexity index is 921. The molecule has 0 bridgehead atoms. The van der Waals surface area contributed by atoms with Gasteiger partial charge in [-0.2, -0.15) is 0 Å². The molecule has 4 nitrogen and oxygen atoms in total. The number of carbonyl (C=O) groups is 1. The topological polar surface area (TPSA) is 46.1 Å². The normalized spacial score (nSPS) is 17.3. The molecule has 0 N–H and O–H groups in total. The van der Waals surface area contributed by atoms with Crippen molar-refractivity contribution in [3.05, 3.63) is 67.8 Å². The fraction of sp³-hybridized carbons (Fsp3) is 0.350. The molecule has 2 aromatic heterocycles. The van der Waals surface area contributed by atoms with Gasteiger partial charge in [0.05, 0.1) is 15.7 Å². The van der Waals surface area contributed by atoms with Crippen molar-refractivity contribution in [3.8, 4) is 0 Å². The average molecular weight is 402 g/mol. The minimum Gasteiger partial charge on any atom is -0.337 e. The molecule has 0 saturated carbocycles. The van der Waals surface area contributed by atoms with Crippen LogP contribution in [0.25, 0.3) is 0 Å². The van der Waals surface area contributed by atoms with Gasteiger partial charge in [-0.15, -0.1) is 22.7 Å². The Morgan fingerprint density at radius 2 is 2.15 bits per heavy atom. The molecule has 0 radical (unpaired) electrons. The minimum atomic E-state index is -0.246. The summed E-state index contributed by atoms with van der Waals surface area (Å²) in [5.41, 5.74) is 1.77. The number of thiazole rings is 2. The summed E-state index contributed by atoms with van der Waals surface area (Å²) in [6.45, 7) is 3.39. The number of amides is 1. The molecule has 1 fully saturated rings. The van der Waals surface area contributed by atoms with Crippen molar-refractivity contribution in [1.82, 2.24) is 14.9 Å². The second kappa shape index (κ2) is 7.86. The van der Waals surface area contributed by atoms with E-state index in [1.165, 1.54) is 23.5 Å². The monoisotopic (exact) mass is 401 g/mol. The van der Waals surface area contributed by atoms with Crippen molar-refractivity contribution in [3.63, 3.8) is 0 Å². The van der Waals surface area contributed by atoms with Gasteiger partial charge < -0.3 is 4.90 Å². The molecule has 1 amide bonds. The number of halogens is 1. The third kappa shape index (κ3) is 4.09. The number of hydrogen-bond donors (Lipinski definition) is 0. The van der Waals surface area contributed by atoms with Crippen LogP contribution in [-0.4, -0.2) is 33.9 Å². The van der Waals surface area contributed by atoms with Gasteiger partial charge in [0.2, 0.25) is 0 Å². The van der Waals surface area contributed by atoms with Gasteiger partial charge in [0.25, 0.3) is 5.91 Å². The number of piperidine rings is 1. The molecule has 7 heteroatoms. The van der Waals surface area contributed by atoms with Gasteiger partial charge in [-0.05, 0) is 37.5 Å². The molecule has 1 saturated heterocycles. The first kappa shape index (κ1) is 18.3. The van der Waals surface area contributed by atoms with E-state index in [1.54, 1.807) is 23.5 Å². The van der Waals surface area contributed by atoms with Crippen molar-refractivity contribution in [2.45, 2.75) is 32.1 Å². The van der Waals surface area contributed by atoms with E-state index in [9.17, 15) is 9.18 Å². The van der Waals surface area contributed by atoms with Gasteiger partial charge in [-0.3, -0.25) is 4.79 Å². The number of rotatable bonds is 4. The second-order valence-corrected chi connectivity index (χ2v) is 8.80. The molecular weight excluding hydrogens is 381 g/mol. The maximum absolute atomic E-state index is 13.1. The van der Waals surface area contributed by atoms with Gasteiger partial charge in [0.1, 0.15) is 10.7 Å². The Kier molecular flexibility index (Phi) is 5.31. The quantitative estimate of drug-likeness (QED) is 0.639. The number of carbonyl (C=O) groups excluding carboxylic acids is 1. The Hall–Kier alpha value is -2.12. The van der Waals surface area contributed by atoms with E-state index in [4.69, 9.17) is 0 Å². The van der Waals surface area contributed by atoms with Crippen molar-refractivity contribution >= 4 is 28.6 Å². The standard InChI is InChI=1S/C20H20FN3OS2/c1-13-18(27-17(23-13)11-14-4-6-16(21)7-5-14)20(25)24-9-2-3-15(12-24)19-22-8-10-26-19/h4-8,10,15H,2-3,9,11-12H2,1H3. The molecule has 1 unspecified atom stereocenters. The van der Waals surface area contributed by atoms with E-state index in [-0.39, 0.29) is 11.7 Å². The highest BCUT2D eigenvalue weighted by Crippen LogP contribution is 2.30. The molecule has 1 aliphatic rings. The van der Waals surface area contributed by atoms with E-state index < -0.39 is 0 Å². The van der Waals surface area contributed by atoms with Crippen molar-refractivity contribution < 1.29 is 9.18 Å². The summed E-state index contributed by atoms with van der Waals surface area (Å²) in [5, 5.41) is 3.99. The predicted molar refractivity (Wildman–Crippen MR) is 106 cm³/mol. The first-order chi connectivity index (χ1) is 13.1. The second-order valence-electron chi connectivity index (χ2n) is 6.79. The molecule has 140 valence electrons. The van der Waals surface area contributed by atoms with Crippen LogP contribution >= 0.6 is 22.7 Å². The van der Waals surface area contributed by atoms with E-state index in [2.05, 4.69) is 9.97 Å². The first-order valence-electron chi connectivity index (χ1n) is 8.99. The van der Waals surface area contributed by atoms with Crippen molar-refractivity contribution in [1.29, 1.82) is 0 Å². The maximum Gasteiger partial charge on any atom is 0.265 e. The fourth-order valence-corrected chi connectivity index (χ4v) is 5.28. The summed E-state index contributed by atoms with van der Waals surface area (Å²) in [4.78, 5) is 24.7. The molecular formula is C20H20FN3OS2. The fourth-order valence-electron chi connectivity index (χ4n) is 3.45. The lowest BCUT2D eigenvalue weighted by molar-refractivity contribution is 0.0711. The molecule has 1 aliphatic heterocycles. The Morgan fingerprint density at radius 3 is 2.89 bits per heavy atom. The molecule has 27 heavy (non-hydrogen) atoms. The van der Waals surface area contributed by atoms with Gasteiger partial charge in [0.15, 0.2) is 0 Å². The van der Waals surface area contributed by atoms with Crippen molar-refractivity contribution in [2.24, 2.45) is 0 Å². The summed E-state index contributed by atoms with van der Waals surface area (Å²) < 4.78 is 13.1. The van der Waals surface area contributed by atoms with Crippen LogP contribution in [0.1, 0.15) is 49.7 Å². The zero-order valence-corrected chi connectivity index (χ0v) is 16.7. The molecule has 3 aromatic rings. The molecule has 1 atom stereocenters. The van der Waals surface area contributed by atoms with Crippen LogP contribution in [0.2, 0.25) is 0 Å². The highest BCUT2D eigenvalue weighted by molar-refractivity contribution is 7.13. The predicted octanol–water partition coefficient (Wildman–Crippen LogP) is 4.66. The first-order valence-corrected chi connectivity index (χ1v) is 10.7. The van der Waals surface area contributed by atoms with E-state index in [0.29, 0.717) is 17.2 Å². The molecule has 3 heterocycles. The van der Waals surface area contributed by atoms with Crippen LogP contribution in [0.3, 0.4) is 0 Å². The van der Waals surface area contributed by atoms with Crippen LogP contribution in [0.15, 0.2) is 35.8 Å². The van der Waals surface area contributed by atoms with Crippen LogP contribution in [0.4, 0.5) is 4.39 Å². The molecule has 1 aromatic carbocycles. The van der Waals surface area contributed by atoms with Gasteiger partial charge >= 0.3 is 0 Å². The lowest BCUT2D eigenvalue weighted by atomic mass is 9.98. The Labute approximate surface area is 165 Å². The summed E-state index contributed by atoms with van der Waals surface area (Å²) >= 11 is 3.11. The molecule has 0 spiro atoms. The maximum atomic E-state index is 13.1. The van der Waals surface area contributed by atoms with Crippen LogP contribution in [-0.2, 0) is 6.42 Å². The van der Waals surface area contributed by atoms with Crippen LogP contribution < -0.4 is 0 Å². The van der Waals surface area contributed by atoms with Gasteiger partial charge in [-0.25, -0.2) is 14.4 Å². The SMILES string of the molecule is Cc1nc(Cc2ccc(F)cc2)sc1C(=O)N1CCCC(c2nccs2)C1. The van der Waals surface area contributed by atoms with E-state index in [0.717, 1.165) is 47.2 Å². The zero-order chi connectivity index (χ0) is 18.8. The number of benzene rings is 1. The number of hydrogen-bond acceptors (Lipinski definition) is 5. The zero-order valence-electron chi connectivity index (χ0n) is 15.0. The third-order valence-electron chi connectivity index (χ3n) is 4.81. The van der Waals surface area contributed by atoms with E-state index in [1.807, 2.05) is 23.4 Å². The number of aryl methyl sites for hydroxylation is 1. The lowest BCUT2D eigenvalue weighted by Gasteiger charge is -2.31. The highest BCUT2D eigenvalue weighted by Gasteiger charge is 2.29. The van der Waals surface area contributed by atoms with Gasteiger partial charge in [-0.1, -0.05) is 12.1 Å². The average Bonchev–Trinajstić information content (AvgIpc) is 3.33. The summed E-state index contributed by atoms with van der Waals surface area (Å²) in [5.74, 6) is 0.149. The van der Waals surface area contributed by atoms with Crippen LogP contribution in [0, 0.1) is 12.7 Å². The lowest BCUT2D eigenvalue weighted by Crippen LogP contribution is -2.39. The minimum absolute atomic E-state index is 0.0663. The highest BCUT2D eigenvalue weighted by atomic mass is 32.1.